The van der Waals surface area contributed by atoms with Gasteiger partial charge in [0.1, 0.15) is 0 Å². The summed E-state index contributed by atoms with van der Waals surface area (Å²) in [6.07, 6.45) is 0.916. The van der Waals surface area contributed by atoms with Crippen molar-refractivity contribution in [1.29, 1.82) is 5.26 Å². The Labute approximate surface area is 59.8 Å². The Bertz CT molecular complexity index is 130. The average Bonchev–Trinajstić information content (AvgIpc) is 1.89. The predicted molar refractivity (Wildman–Crippen MR) is 36.2 cm³/mol. The lowest BCUT2D eigenvalue weighted by molar-refractivity contribution is 0.453. The molecule has 0 aromatic carbocycles. The van der Waals surface area contributed by atoms with Gasteiger partial charge in [-0.3, -0.25) is 0 Å². The van der Waals surface area contributed by atoms with Crippen LogP contribution in [0, 0.1) is 17.2 Å². The molecule has 1 aliphatic heterocycles. The highest BCUT2D eigenvalue weighted by Gasteiger charge is 2.21. The van der Waals surface area contributed by atoms with Gasteiger partial charge in [0.05, 0.1) is 17.4 Å². The highest BCUT2D eigenvalue weighted by Crippen LogP contribution is 2.15. The molecule has 9 heavy (non-hydrogen) atoms. The van der Waals surface area contributed by atoms with Crippen molar-refractivity contribution < 1.29 is 0 Å². The van der Waals surface area contributed by atoms with E-state index in [1.807, 2.05) is 0 Å². The van der Waals surface area contributed by atoms with Crippen LogP contribution in [0.1, 0.15) is 6.42 Å². The molecule has 2 nitrogen and oxygen atoms in total. The summed E-state index contributed by atoms with van der Waals surface area (Å²) in [7, 11) is 0. The van der Waals surface area contributed by atoms with Crippen LogP contribution in [0.5, 0.6) is 0 Å². The number of nitriles is 1. The van der Waals surface area contributed by atoms with Crippen LogP contribution in [0.15, 0.2) is 0 Å². The molecule has 0 amide bonds. The lowest BCUT2D eigenvalue weighted by Crippen LogP contribution is -2.36. The second-order valence-corrected chi connectivity index (χ2v) is 2.80. The Kier molecular flexibility index (Phi) is 2.32. The molecule has 1 N–H and O–H groups in total. The molecule has 1 aliphatic rings. The Balaban J connectivity index is 2.41. The molecule has 0 aliphatic carbocycles. The van der Waals surface area contributed by atoms with Crippen molar-refractivity contribution in [3.05, 3.63) is 0 Å². The minimum atomic E-state index is 0.0143. The fraction of sp³-hybridized carbons (Fsp3) is 0.833. The van der Waals surface area contributed by atoms with E-state index in [4.69, 9.17) is 16.9 Å². The Hall–Kier alpha value is -0.260. The van der Waals surface area contributed by atoms with Crippen LogP contribution >= 0.6 is 11.6 Å². The fourth-order valence-corrected chi connectivity index (χ4v) is 1.21. The molecule has 0 radical (unpaired) electrons. The molecule has 1 saturated heterocycles. The maximum absolute atomic E-state index is 8.49. The van der Waals surface area contributed by atoms with Crippen molar-refractivity contribution in [3.63, 3.8) is 0 Å². The van der Waals surface area contributed by atoms with Gasteiger partial charge in [-0.25, -0.2) is 0 Å². The number of nitrogens with zero attached hydrogens (tertiary/aromatic N) is 1. The molecule has 1 fully saturated rings. The topological polar surface area (TPSA) is 35.8 Å². The molecule has 1 rings (SSSR count). The highest BCUT2D eigenvalue weighted by atomic mass is 35.5. The van der Waals surface area contributed by atoms with Gasteiger partial charge in [-0.05, 0) is 13.0 Å². The number of hydrogen-bond acceptors (Lipinski definition) is 2. The third-order valence-corrected chi connectivity index (χ3v) is 2.09. The lowest BCUT2D eigenvalue weighted by Gasteiger charge is -2.21. The van der Waals surface area contributed by atoms with Crippen LogP contribution < -0.4 is 5.32 Å². The second kappa shape index (κ2) is 3.05. The van der Waals surface area contributed by atoms with Crippen molar-refractivity contribution in [2.45, 2.75) is 11.8 Å². The van der Waals surface area contributed by atoms with E-state index in [1.54, 1.807) is 0 Å². The van der Waals surface area contributed by atoms with E-state index in [2.05, 4.69) is 11.4 Å². The van der Waals surface area contributed by atoms with Crippen LogP contribution in [0.4, 0.5) is 0 Å². The van der Waals surface area contributed by atoms with Crippen LogP contribution in [0.2, 0.25) is 0 Å². The molecule has 0 aromatic heterocycles. The van der Waals surface area contributed by atoms with Gasteiger partial charge in [0.15, 0.2) is 0 Å². The Morgan fingerprint density at radius 3 is 2.89 bits per heavy atom. The lowest BCUT2D eigenvalue weighted by atomic mass is 10.0. The smallest absolute Gasteiger partial charge is 0.0751 e. The van der Waals surface area contributed by atoms with E-state index in [-0.39, 0.29) is 11.3 Å². The van der Waals surface area contributed by atoms with Crippen LogP contribution in [0.3, 0.4) is 0 Å². The third kappa shape index (κ3) is 1.57. The third-order valence-electron chi connectivity index (χ3n) is 1.56. The average molecular weight is 145 g/mol. The quantitative estimate of drug-likeness (QED) is 0.509. The molecular formula is C6H9ClN2. The van der Waals surface area contributed by atoms with Gasteiger partial charge in [-0.1, -0.05) is 0 Å². The van der Waals surface area contributed by atoms with E-state index in [0.717, 1.165) is 19.5 Å². The number of piperidine rings is 1. The predicted octanol–water partition coefficient (Wildman–Crippen LogP) is 0.727. The van der Waals surface area contributed by atoms with Gasteiger partial charge in [0, 0.05) is 6.54 Å². The van der Waals surface area contributed by atoms with E-state index >= 15 is 0 Å². The zero-order valence-electron chi connectivity index (χ0n) is 5.10. The zero-order valence-corrected chi connectivity index (χ0v) is 5.86. The van der Waals surface area contributed by atoms with E-state index in [1.165, 1.54) is 0 Å². The summed E-state index contributed by atoms with van der Waals surface area (Å²) in [5.74, 6) is 0.0143. The standard InChI is InChI=1S/C6H9ClN2/c7-6-1-2-9-4-5(6)3-8/h5-6,9H,1-2,4H2. The molecule has 1 heterocycles. The molecule has 0 bridgehead atoms. The van der Waals surface area contributed by atoms with Gasteiger partial charge in [0.25, 0.3) is 0 Å². The number of hydrogen-bond donors (Lipinski definition) is 1. The van der Waals surface area contributed by atoms with Crippen LogP contribution in [0.25, 0.3) is 0 Å². The SMILES string of the molecule is N#CC1CNCCC1Cl. The van der Waals surface area contributed by atoms with E-state index in [9.17, 15) is 0 Å². The molecule has 2 unspecified atom stereocenters. The number of nitrogens with one attached hydrogen (secondary N) is 1. The first-order valence-electron chi connectivity index (χ1n) is 3.09. The maximum atomic E-state index is 8.49. The van der Waals surface area contributed by atoms with Crippen molar-refractivity contribution in [2.24, 2.45) is 5.92 Å². The largest absolute Gasteiger partial charge is 0.315 e. The monoisotopic (exact) mass is 144 g/mol. The van der Waals surface area contributed by atoms with Crippen molar-refractivity contribution in [3.8, 4) is 6.07 Å². The normalized spacial score (nSPS) is 35.6. The summed E-state index contributed by atoms with van der Waals surface area (Å²) in [5.41, 5.74) is 0. The first-order valence-corrected chi connectivity index (χ1v) is 3.52. The minimum absolute atomic E-state index is 0.0143. The molecule has 0 spiro atoms. The number of rotatable bonds is 0. The van der Waals surface area contributed by atoms with Crippen molar-refractivity contribution in [2.75, 3.05) is 13.1 Å². The van der Waals surface area contributed by atoms with Crippen molar-refractivity contribution >= 4 is 11.6 Å². The Morgan fingerprint density at radius 2 is 2.44 bits per heavy atom. The zero-order chi connectivity index (χ0) is 6.69. The van der Waals surface area contributed by atoms with Gasteiger partial charge < -0.3 is 5.32 Å². The van der Waals surface area contributed by atoms with Crippen molar-refractivity contribution in [1.82, 2.24) is 5.32 Å². The van der Waals surface area contributed by atoms with Gasteiger partial charge in [-0.2, -0.15) is 5.26 Å². The molecular weight excluding hydrogens is 136 g/mol. The second-order valence-electron chi connectivity index (χ2n) is 2.24. The van der Waals surface area contributed by atoms with E-state index in [0.29, 0.717) is 0 Å². The Morgan fingerprint density at radius 1 is 1.67 bits per heavy atom. The first-order chi connectivity index (χ1) is 4.34. The molecule has 50 valence electrons. The molecule has 0 saturated carbocycles. The molecule has 0 aromatic rings. The summed E-state index contributed by atoms with van der Waals surface area (Å²) < 4.78 is 0. The minimum Gasteiger partial charge on any atom is -0.315 e. The maximum Gasteiger partial charge on any atom is 0.0751 e. The van der Waals surface area contributed by atoms with E-state index < -0.39 is 0 Å². The van der Waals surface area contributed by atoms with Gasteiger partial charge >= 0.3 is 0 Å². The fourth-order valence-electron chi connectivity index (χ4n) is 0.953. The summed E-state index contributed by atoms with van der Waals surface area (Å²) in [5, 5.41) is 11.7. The summed E-state index contributed by atoms with van der Waals surface area (Å²) >= 11 is 5.82. The number of halogens is 1. The summed E-state index contributed by atoms with van der Waals surface area (Å²) in [6, 6.07) is 2.16. The van der Waals surface area contributed by atoms with Crippen LogP contribution in [-0.2, 0) is 0 Å². The van der Waals surface area contributed by atoms with Crippen LogP contribution in [-0.4, -0.2) is 18.5 Å². The molecule has 2 atom stereocenters. The van der Waals surface area contributed by atoms with Gasteiger partial charge in [0.2, 0.25) is 0 Å². The molecule has 3 heteroatoms. The van der Waals surface area contributed by atoms with Gasteiger partial charge in [-0.15, -0.1) is 11.6 Å². The summed E-state index contributed by atoms with van der Waals surface area (Å²) in [6.45, 7) is 1.71. The summed E-state index contributed by atoms with van der Waals surface area (Å²) in [4.78, 5) is 0. The first kappa shape index (κ1) is 6.85. The highest BCUT2D eigenvalue weighted by molar-refractivity contribution is 6.21. The number of alkyl halides is 1.